The molecule has 0 bridgehead atoms. The number of carbonyl (C=O) groups is 3. The summed E-state index contributed by atoms with van der Waals surface area (Å²) in [6, 6.07) is 0. The quantitative estimate of drug-likeness (QED) is 0.0262. The molecule has 0 aliphatic rings. The second-order valence-electron chi connectivity index (χ2n) is 18.5. The molecule has 0 unspecified atom stereocenters. The Morgan fingerprint density at radius 3 is 0.884 bits per heavy atom. The number of esters is 3. The normalized spacial score (nSPS) is 12.9. The van der Waals surface area contributed by atoms with Crippen LogP contribution in [0.4, 0.5) is 0 Å². The van der Waals surface area contributed by atoms with Crippen molar-refractivity contribution in [3.63, 3.8) is 0 Å². The average Bonchev–Trinajstić information content (AvgIpc) is 3.35. The Morgan fingerprint density at radius 1 is 0.304 bits per heavy atom. The zero-order valence-corrected chi connectivity index (χ0v) is 44.8. The molecule has 0 aromatic rings. The van der Waals surface area contributed by atoms with Gasteiger partial charge in [-0.15, -0.1) is 0 Å². The van der Waals surface area contributed by atoms with Crippen molar-refractivity contribution in [1.82, 2.24) is 0 Å². The molecule has 0 amide bonds. The third kappa shape index (κ3) is 54.9. The number of unbranched alkanes of at least 4 members (excludes halogenated alkanes) is 21. The highest BCUT2D eigenvalue weighted by atomic mass is 16.6. The molecule has 0 saturated heterocycles. The van der Waals surface area contributed by atoms with Gasteiger partial charge in [-0.3, -0.25) is 14.4 Å². The average molecular weight is 958 g/mol. The molecule has 1 atom stereocenters. The van der Waals surface area contributed by atoms with Crippen LogP contribution in [-0.2, 0) is 28.6 Å². The van der Waals surface area contributed by atoms with Gasteiger partial charge in [0.15, 0.2) is 6.10 Å². The van der Waals surface area contributed by atoms with Crippen LogP contribution in [0, 0.1) is 0 Å². The molecular formula is C63H104O6. The van der Waals surface area contributed by atoms with Crippen molar-refractivity contribution >= 4 is 17.9 Å². The van der Waals surface area contributed by atoms with Gasteiger partial charge in [0, 0.05) is 19.3 Å². The van der Waals surface area contributed by atoms with Crippen molar-refractivity contribution < 1.29 is 28.6 Å². The molecule has 0 aromatic carbocycles. The highest BCUT2D eigenvalue weighted by Crippen LogP contribution is 2.14. The van der Waals surface area contributed by atoms with Gasteiger partial charge in [-0.25, -0.2) is 0 Å². The molecule has 0 aliphatic heterocycles. The minimum atomic E-state index is -0.805. The van der Waals surface area contributed by atoms with Crippen LogP contribution in [-0.4, -0.2) is 37.2 Å². The van der Waals surface area contributed by atoms with Crippen LogP contribution in [0.25, 0.3) is 0 Å². The summed E-state index contributed by atoms with van der Waals surface area (Å²) in [4.78, 5) is 38.2. The van der Waals surface area contributed by atoms with Gasteiger partial charge in [-0.05, 0) is 128 Å². The summed E-state index contributed by atoms with van der Waals surface area (Å²) in [5.41, 5.74) is 0. The maximum Gasteiger partial charge on any atom is 0.306 e. The molecule has 0 aliphatic carbocycles. The third-order valence-corrected chi connectivity index (χ3v) is 11.7. The Hall–Kier alpha value is -3.93. The lowest BCUT2D eigenvalue weighted by Crippen LogP contribution is -2.30. The summed E-state index contributed by atoms with van der Waals surface area (Å²) in [6.45, 7) is 6.43. The van der Waals surface area contributed by atoms with Crippen molar-refractivity contribution in [3.8, 4) is 0 Å². The van der Waals surface area contributed by atoms with E-state index in [2.05, 4.69) is 130 Å². The van der Waals surface area contributed by atoms with Gasteiger partial charge in [-0.1, -0.05) is 214 Å². The van der Waals surface area contributed by atoms with E-state index in [-0.39, 0.29) is 31.1 Å². The molecular weight excluding hydrogens is 853 g/mol. The van der Waals surface area contributed by atoms with Crippen LogP contribution in [0.15, 0.2) is 109 Å². The number of allylic oxidation sites excluding steroid dienone is 18. The lowest BCUT2D eigenvalue weighted by molar-refractivity contribution is -0.167. The summed E-state index contributed by atoms with van der Waals surface area (Å²) in [7, 11) is 0. The van der Waals surface area contributed by atoms with Crippen molar-refractivity contribution in [1.29, 1.82) is 0 Å². The highest BCUT2D eigenvalue weighted by molar-refractivity contribution is 5.71. The monoisotopic (exact) mass is 957 g/mol. The second kappa shape index (κ2) is 56.7. The first kappa shape index (κ1) is 65.1. The van der Waals surface area contributed by atoms with E-state index in [0.29, 0.717) is 19.3 Å². The molecule has 392 valence electrons. The van der Waals surface area contributed by atoms with Gasteiger partial charge in [0.1, 0.15) is 13.2 Å². The van der Waals surface area contributed by atoms with E-state index in [1.807, 2.05) is 0 Å². The van der Waals surface area contributed by atoms with Crippen molar-refractivity contribution in [2.24, 2.45) is 0 Å². The maximum absolute atomic E-state index is 12.9. The summed E-state index contributed by atoms with van der Waals surface area (Å²) in [6.07, 6.45) is 76.4. The van der Waals surface area contributed by atoms with Gasteiger partial charge in [0.2, 0.25) is 0 Å². The molecule has 69 heavy (non-hydrogen) atoms. The lowest BCUT2D eigenvalue weighted by Gasteiger charge is -2.18. The van der Waals surface area contributed by atoms with Crippen LogP contribution >= 0.6 is 0 Å². The molecule has 6 heteroatoms. The van der Waals surface area contributed by atoms with Crippen LogP contribution in [0.3, 0.4) is 0 Å². The van der Waals surface area contributed by atoms with Crippen molar-refractivity contribution in [2.75, 3.05) is 13.2 Å². The lowest BCUT2D eigenvalue weighted by atomic mass is 10.1. The Balaban J connectivity index is 4.50. The topological polar surface area (TPSA) is 78.9 Å². The largest absolute Gasteiger partial charge is 0.462 e. The molecule has 0 fully saturated rings. The van der Waals surface area contributed by atoms with Crippen LogP contribution < -0.4 is 0 Å². The zero-order valence-electron chi connectivity index (χ0n) is 44.8. The fourth-order valence-corrected chi connectivity index (χ4v) is 7.47. The predicted octanol–water partition coefficient (Wildman–Crippen LogP) is 19.1. The smallest absolute Gasteiger partial charge is 0.306 e. The van der Waals surface area contributed by atoms with E-state index in [1.165, 1.54) is 77.0 Å². The Bertz CT molecular complexity index is 1420. The summed E-state index contributed by atoms with van der Waals surface area (Å²) >= 11 is 0. The molecule has 6 nitrogen and oxygen atoms in total. The van der Waals surface area contributed by atoms with E-state index in [1.54, 1.807) is 0 Å². The number of rotatable bonds is 50. The van der Waals surface area contributed by atoms with Crippen LogP contribution in [0.5, 0.6) is 0 Å². The Kier molecular flexibility index (Phi) is 53.4. The van der Waals surface area contributed by atoms with Gasteiger partial charge in [-0.2, -0.15) is 0 Å². The molecule has 0 heterocycles. The molecule has 0 aromatic heterocycles. The SMILES string of the molecule is CC/C=C\C/C=C\C/C=C\C/C=C\CCCCCCC(=O)OC[C@H](COC(=O)CCCCCC/C=C\C/C=C\C/C=C\CCCCC)OC(=O)CCCCCCCCC/C=C\C/C=C\CCCCC. The summed E-state index contributed by atoms with van der Waals surface area (Å²) in [5, 5.41) is 0. The first-order valence-corrected chi connectivity index (χ1v) is 28.4. The minimum absolute atomic E-state index is 0.103. The molecule has 0 radical (unpaired) electrons. The van der Waals surface area contributed by atoms with E-state index >= 15 is 0 Å². The molecule has 0 saturated carbocycles. The first-order valence-electron chi connectivity index (χ1n) is 28.4. The highest BCUT2D eigenvalue weighted by Gasteiger charge is 2.19. The van der Waals surface area contributed by atoms with Gasteiger partial charge < -0.3 is 14.2 Å². The van der Waals surface area contributed by atoms with E-state index < -0.39 is 6.10 Å². The Labute approximate surface area is 425 Å². The van der Waals surface area contributed by atoms with Gasteiger partial charge in [0.05, 0.1) is 0 Å². The van der Waals surface area contributed by atoms with E-state index in [4.69, 9.17) is 14.2 Å². The molecule has 0 rings (SSSR count). The molecule has 0 spiro atoms. The molecule has 0 N–H and O–H groups in total. The maximum atomic E-state index is 12.9. The van der Waals surface area contributed by atoms with E-state index in [9.17, 15) is 14.4 Å². The summed E-state index contributed by atoms with van der Waals surface area (Å²) in [5.74, 6) is -0.954. The second-order valence-corrected chi connectivity index (χ2v) is 18.5. The zero-order chi connectivity index (χ0) is 50.0. The van der Waals surface area contributed by atoms with Crippen LogP contribution in [0.1, 0.15) is 252 Å². The summed E-state index contributed by atoms with van der Waals surface area (Å²) < 4.78 is 16.8. The number of carbonyl (C=O) groups excluding carboxylic acids is 3. The first-order chi connectivity index (χ1) is 34.0. The predicted molar refractivity (Wildman–Crippen MR) is 297 cm³/mol. The van der Waals surface area contributed by atoms with E-state index in [0.717, 1.165) is 135 Å². The van der Waals surface area contributed by atoms with Crippen molar-refractivity contribution in [3.05, 3.63) is 109 Å². The fourth-order valence-electron chi connectivity index (χ4n) is 7.47. The van der Waals surface area contributed by atoms with Crippen molar-refractivity contribution in [2.45, 2.75) is 258 Å². The number of hydrogen-bond acceptors (Lipinski definition) is 6. The Morgan fingerprint density at radius 2 is 0.565 bits per heavy atom. The third-order valence-electron chi connectivity index (χ3n) is 11.7. The van der Waals surface area contributed by atoms with Gasteiger partial charge >= 0.3 is 17.9 Å². The number of hydrogen-bond donors (Lipinski definition) is 0. The van der Waals surface area contributed by atoms with Gasteiger partial charge in [0.25, 0.3) is 0 Å². The van der Waals surface area contributed by atoms with Crippen LogP contribution in [0.2, 0.25) is 0 Å². The fraction of sp³-hybridized carbons (Fsp3) is 0.667. The minimum Gasteiger partial charge on any atom is -0.462 e. The standard InChI is InChI=1S/C63H104O6/c1-4-7-10-13-16-19-22-25-28-31-34-37-40-43-46-49-52-55-61(64)67-58-60(69-63(66)57-54-51-48-45-42-39-36-33-30-27-24-21-18-15-12-9-6-3)59-68-62(65)56-53-50-47-44-41-38-35-32-29-26-23-20-17-14-11-8-5-2/h7,10,16-21,25-30,34-35,37-38,60H,4-6,8-9,11-15,22-24,31-33,36,39-59H2,1-3H3/b10-7-,19-16-,20-17-,21-18-,28-25-,29-26-,30-27-,37-34-,38-35-/t60-/m1/s1. The number of ether oxygens (including phenoxy) is 3.